The molecule has 6 heteroatoms. The molecule has 1 aliphatic carbocycles. The van der Waals surface area contributed by atoms with Crippen LogP contribution in [0.5, 0.6) is 5.75 Å². The summed E-state index contributed by atoms with van der Waals surface area (Å²) in [4.78, 5) is 30.4. The van der Waals surface area contributed by atoms with Gasteiger partial charge in [0.1, 0.15) is 5.75 Å². The number of fused-ring (bicyclic) bond motifs is 5. The molecule has 3 heterocycles. The van der Waals surface area contributed by atoms with E-state index in [1.165, 1.54) is 0 Å². The molecule has 0 spiro atoms. The van der Waals surface area contributed by atoms with Crippen molar-refractivity contribution in [3.05, 3.63) is 76.7 Å². The molecule has 0 saturated heterocycles. The van der Waals surface area contributed by atoms with Crippen LogP contribution in [0.1, 0.15) is 25.3 Å². The standard InChI is InChI=1S/C27H23N3O3/c1-15(2)13-20-22(33-14-23(31)29-16-7-8-16)10-9-21-24(20)19-11-12-28-25-17-5-3-4-6-18(17)27(32)30(21)26(19)25/h3-6,9-12,16H,1,7-8,13-14H2,2H3,(H,29,31). The molecule has 0 radical (unpaired) electrons. The van der Waals surface area contributed by atoms with Gasteiger partial charge in [-0.15, -0.1) is 0 Å². The summed E-state index contributed by atoms with van der Waals surface area (Å²) in [5.41, 5.74) is 4.25. The zero-order chi connectivity index (χ0) is 22.7. The SMILES string of the molecule is C=C(C)Cc1c(OCC(=O)NC2CC2)ccc2c1c1ccnc3c4ccccc4c(=O)n2c13. The Morgan fingerprint density at radius 2 is 1.94 bits per heavy atom. The summed E-state index contributed by atoms with van der Waals surface area (Å²) in [6.45, 7) is 6.03. The second-order valence-corrected chi connectivity index (χ2v) is 8.94. The van der Waals surface area contributed by atoms with Crippen LogP contribution in [0, 0.1) is 0 Å². The maximum Gasteiger partial charge on any atom is 0.263 e. The molecule has 1 amide bonds. The Hall–Kier alpha value is -3.93. The predicted molar refractivity (Wildman–Crippen MR) is 130 cm³/mol. The Morgan fingerprint density at radius 3 is 2.70 bits per heavy atom. The molecule has 0 aliphatic heterocycles. The van der Waals surface area contributed by atoms with Gasteiger partial charge in [-0.1, -0.05) is 30.4 Å². The second-order valence-electron chi connectivity index (χ2n) is 8.94. The lowest BCUT2D eigenvalue weighted by molar-refractivity contribution is -0.123. The number of amides is 1. The zero-order valence-corrected chi connectivity index (χ0v) is 18.4. The summed E-state index contributed by atoms with van der Waals surface area (Å²) in [5.74, 6) is 0.523. The fourth-order valence-electron chi connectivity index (χ4n) is 4.76. The highest BCUT2D eigenvalue weighted by atomic mass is 16.5. The van der Waals surface area contributed by atoms with Crippen molar-refractivity contribution >= 4 is 44.0 Å². The Morgan fingerprint density at radius 1 is 1.15 bits per heavy atom. The third-order valence-corrected chi connectivity index (χ3v) is 6.30. The summed E-state index contributed by atoms with van der Waals surface area (Å²) >= 11 is 0. The van der Waals surface area contributed by atoms with Crippen molar-refractivity contribution < 1.29 is 9.53 Å². The number of aromatic nitrogens is 2. The molecule has 6 rings (SSSR count). The van der Waals surface area contributed by atoms with E-state index in [1.54, 1.807) is 10.6 Å². The molecule has 164 valence electrons. The van der Waals surface area contributed by atoms with E-state index in [0.717, 1.165) is 56.7 Å². The molecule has 6 nitrogen and oxygen atoms in total. The van der Waals surface area contributed by atoms with Gasteiger partial charge in [0.05, 0.1) is 16.6 Å². The molecule has 33 heavy (non-hydrogen) atoms. The second kappa shape index (κ2) is 7.30. The summed E-state index contributed by atoms with van der Waals surface area (Å²) < 4.78 is 7.76. The molecule has 0 unspecified atom stereocenters. The lowest BCUT2D eigenvalue weighted by Crippen LogP contribution is -2.30. The fraction of sp³-hybridized carbons (Fsp3) is 0.222. The highest BCUT2D eigenvalue weighted by Crippen LogP contribution is 2.39. The van der Waals surface area contributed by atoms with Crippen LogP contribution < -0.4 is 15.6 Å². The number of carbonyl (C=O) groups is 1. The minimum absolute atomic E-state index is 0.0407. The maximum atomic E-state index is 13.5. The Balaban J connectivity index is 1.62. The van der Waals surface area contributed by atoms with Crippen LogP contribution in [0.15, 0.2) is 65.6 Å². The highest BCUT2D eigenvalue weighted by Gasteiger charge is 2.24. The molecule has 5 aromatic rings. The van der Waals surface area contributed by atoms with Crippen molar-refractivity contribution in [1.82, 2.24) is 14.7 Å². The number of rotatable bonds is 6. The van der Waals surface area contributed by atoms with Crippen LogP contribution >= 0.6 is 0 Å². The van der Waals surface area contributed by atoms with Crippen LogP contribution in [0.3, 0.4) is 0 Å². The summed E-state index contributed by atoms with van der Waals surface area (Å²) in [7, 11) is 0. The minimum Gasteiger partial charge on any atom is -0.483 e. The number of nitrogens with zero attached hydrogens (tertiary/aromatic N) is 2. The van der Waals surface area contributed by atoms with E-state index in [9.17, 15) is 9.59 Å². The van der Waals surface area contributed by atoms with Crippen LogP contribution in [-0.2, 0) is 11.2 Å². The topological polar surface area (TPSA) is 72.7 Å². The first-order valence-electron chi connectivity index (χ1n) is 11.2. The minimum atomic E-state index is -0.115. The van der Waals surface area contributed by atoms with Gasteiger partial charge in [0.15, 0.2) is 6.61 Å². The van der Waals surface area contributed by atoms with Gasteiger partial charge < -0.3 is 10.1 Å². The van der Waals surface area contributed by atoms with Gasteiger partial charge in [0.25, 0.3) is 11.5 Å². The van der Waals surface area contributed by atoms with Gasteiger partial charge in [-0.2, -0.15) is 0 Å². The summed E-state index contributed by atoms with van der Waals surface area (Å²) in [5, 5.41) is 6.33. The normalized spacial score (nSPS) is 13.8. The highest BCUT2D eigenvalue weighted by molar-refractivity contribution is 6.19. The zero-order valence-electron chi connectivity index (χ0n) is 18.4. The lowest BCUT2D eigenvalue weighted by Gasteiger charge is -2.13. The molecule has 3 aromatic heterocycles. The Labute approximate surface area is 189 Å². The fourth-order valence-corrected chi connectivity index (χ4v) is 4.76. The smallest absolute Gasteiger partial charge is 0.263 e. The molecule has 1 saturated carbocycles. The number of allylic oxidation sites excluding steroid dienone is 1. The van der Waals surface area contributed by atoms with E-state index in [-0.39, 0.29) is 24.1 Å². The maximum absolute atomic E-state index is 13.5. The number of benzene rings is 2. The Bertz CT molecular complexity index is 1650. The van der Waals surface area contributed by atoms with Gasteiger partial charge in [0, 0.05) is 39.3 Å². The number of carbonyl (C=O) groups excluding carboxylic acids is 1. The predicted octanol–water partition coefficient (Wildman–Crippen LogP) is 4.37. The largest absolute Gasteiger partial charge is 0.483 e. The van der Waals surface area contributed by atoms with Gasteiger partial charge in [-0.3, -0.25) is 19.0 Å². The number of pyridine rings is 2. The molecule has 1 fully saturated rings. The molecular formula is C27H23N3O3. The molecule has 1 aliphatic rings. The van der Waals surface area contributed by atoms with E-state index < -0.39 is 0 Å². The van der Waals surface area contributed by atoms with Gasteiger partial charge in [-0.05, 0) is 50.5 Å². The average Bonchev–Trinajstić information content (AvgIpc) is 3.55. The number of nitrogens with one attached hydrogen (secondary N) is 1. The van der Waals surface area contributed by atoms with Crippen molar-refractivity contribution in [1.29, 1.82) is 0 Å². The average molecular weight is 437 g/mol. The van der Waals surface area contributed by atoms with Gasteiger partial charge >= 0.3 is 0 Å². The van der Waals surface area contributed by atoms with E-state index in [2.05, 4.69) is 16.9 Å². The lowest BCUT2D eigenvalue weighted by atomic mass is 9.99. The quantitative estimate of drug-likeness (QED) is 0.316. The molecule has 0 bridgehead atoms. The van der Waals surface area contributed by atoms with Crippen molar-refractivity contribution in [2.75, 3.05) is 6.61 Å². The Kier molecular flexibility index (Phi) is 4.37. The van der Waals surface area contributed by atoms with E-state index >= 15 is 0 Å². The number of hydrogen-bond acceptors (Lipinski definition) is 4. The van der Waals surface area contributed by atoms with Crippen LogP contribution in [0.25, 0.3) is 38.1 Å². The number of ether oxygens (including phenoxy) is 1. The molecular weight excluding hydrogens is 414 g/mol. The van der Waals surface area contributed by atoms with Gasteiger partial charge in [0.2, 0.25) is 0 Å². The molecule has 0 atom stereocenters. The monoisotopic (exact) mass is 437 g/mol. The van der Waals surface area contributed by atoms with Crippen LogP contribution in [-0.4, -0.2) is 27.9 Å². The van der Waals surface area contributed by atoms with Crippen molar-refractivity contribution in [3.63, 3.8) is 0 Å². The van der Waals surface area contributed by atoms with Crippen molar-refractivity contribution in [2.45, 2.75) is 32.2 Å². The first kappa shape index (κ1) is 19.7. The van der Waals surface area contributed by atoms with Crippen LogP contribution in [0.4, 0.5) is 0 Å². The van der Waals surface area contributed by atoms with E-state index in [4.69, 9.17) is 4.74 Å². The summed E-state index contributed by atoms with van der Waals surface area (Å²) in [6, 6.07) is 13.6. The number of hydrogen-bond donors (Lipinski definition) is 1. The van der Waals surface area contributed by atoms with Crippen molar-refractivity contribution in [3.8, 4) is 5.75 Å². The first-order valence-corrected chi connectivity index (χ1v) is 11.2. The third kappa shape index (κ3) is 3.13. The van der Waals surface area contributed by atoms with Crippen molar-refractivity contribution in [2.24, 2.45) is 0 Å². The molecule has 1 N–H and O–H groups in total. The van der Waals surface area contributed by atoms with E-state index in [1.807, 2.05) is 49.4 Å². The first-order chi connectivity index (χ1) is 16.0. The molecule has 2 aromatic carbocycles. The van der Waals surface area contributed by atoms with E-state index in [0.29, 0.717) is 17.6 Å². The van der Waals surface area contributed by atoms with Crippen LogP contribution in [0.2, 0.25) is 0 Å². The van der Waals surface area contributed by atoms with Gasteiger partial charge in [-0.25, -0.2) is 0 Å². The summed E-state index contributed by atoms with van der Waals surface area (Å²) in [6.07, 6.45) is 4.43. The third-order valence-electron chi connectivity index (χ3n) is 6.30.